The van der Waals surface area contributed by atoms with E-state index < -0.39 is 10.0 Å². The highest BCUT2D eigenvalue weighted by Crippen LogP contribution is 2.24. The minimum atomic E-state index is -3.75. The molecule has 0 saturated carbocycles. The molecule has 7 nitrogen and oxygen atoms in total. The Kier molecular flexibility index (Phi) is 8.34. The predicted molar refractivity (Wildman–Crippen MR) is 96.3 cm³/mol. The van der Waals surface area contributed by atoms with Gasteiger partial charge in [0.2, 0.25) is 15.9 Å². The molecule has 0 unspecified atom stereocenters. The normalized spacial score (nSPS) is 11.6. The van der Waals surface area contributed by atoms with Gasteiger partial charge in [0.05, 0.1) is 18.0 Å². The number of hydrogen-bond donors (Lipinski definition) is 0. The summed E-state index contributed by atoms with van der Waals surface area (Å²) in [5.74, 6) is 0.357. The van der Waals surface area contributed by atoms with Crippen molar-refractivity contribution < 1.29 is 22.7 Å². The average molecular weight is 372 g/mol. The number of sulfonamides is 1. The van der Waals surface area contributed by atoms with E-state index in [0.29, 0.717) is 30.9 Å². The first-order valence-electron chi connectivity index (χ1n) is 8.16. The number of nitrogens with zero attached hydrogens (tertiary/aromatic N) is 2. The lowest BCUT2D eigenvalue weighted by molar-refractivity contribution is -0.128. The van der Waals surface area contributed by atoms with Crippen molar-refractivity contribution in [1.82, 2.24) is 9.21 Å². The molecule has 0 aliphatic carbocycles. The van der Waals surface area contributed by atoms with Gasteiger partial charge in [0, 0.05) is 27.7 Å². The molecule has 1 aromatic rings. The van der Waals surface area contributed by atoms with Crippen LogP contribution < -0.4 is 4.74 Å². The van der Waals surface area contributed by atoms with E-state index in [4.69, 9.17) is 9.47 Å². The molecule has 142 valence electrons. The maximum absolute atomic E-state index is 12.9. The van der Waals surface area contributed by atoms with Crippen LogP contribution in [0.15, 0.2) is 23.1 Å². The molecular formula is C17H28N2O5S. The van der Waals surface area contributed by atoms with Crippen molar-refractivity contribution in [2.75, 3.05) is 47.5 Å². The Labute approximate surface area is 150 Å². The Bertz CT molecular complexity index is 674. The molecule has 0 heterocycles. The second-order valence-corrected chi connectivity index (χ2v) is 7.83. The summed E-state index contributed by atoms with van der Waals surface area (Å²) in [6.07, 6.45) is 0.622. The molecule has 0 aliphatic rings. The highest BCUT2D eigenvalue weighted by Gasteiger charge is 2.27. The van der Waals surface area contributed by atoms with Crippen molar-refractivity contribution in [3.05, 3.63) is 23.8 Å². The fourth-order valence-electron chi connectivity index (χ4n) is 2.15. The molecule has 0 aromatic heterocycles. The second kappa shape index (κ2) is 9.74. The van der Waals surface area contributed by atoms with Gasteiger partial charge in [-0.15, -0.1) is 0 Å². The summed E-state index contributed by atoms with van der Waals surface area (Å²) < 4.78 is 37.5. The zero-order valence-corrected chi connectivity index (χ0v) is 16.4. The van der Waals surface area contributed by atoms with E-state index >= 15 is 0 Å². The Balaban J connectivity index is 3.04. The third kappa shape index (κ3) is 5.98. The summed E-state index contributed by atoms with van der Waals surface area (Å²) in [4.78, 5) is 13.5. The molecule has 25 heavy (non-hydrogen) atoms. The zero-order valence-electron chi connectivity index (χ0n) is 15.6. The van der Waals surface area contributed by atoms with Crippen LogP contribution in [0.5, 0.6) is 5.75 Å². The van der Waals surface area contributed by atoms with Crippen LogP contribution in [0.3, 0.4) is 0 Å². The van der Waals surface area contributed by atoms with E-state index in [0.717, 1.165) is 0 Å². The van der Waals surface area contributed by atoms with Gasteiger partial charge in [0.1, 0.15) is 12.4 Å². The lowest BCUT2D eigenvalue weighted by Gasteiger charge is -2.23. The van der Waals surface area contributed by atoms with Gasteiger partial charge >= 0.3 is 0 Å². The van der Waals surface area contributed by atoms with E-state index in [2.05, 4.69) is 0 Å². The third-order valence-electron chi connectivity index (χ3n) is 3.61. The number of rotatable bonds is 10. The van der Waals surface area contributed by atoms with Gasteiger partial charge in [0.25, 0.3) is 0 Å². The SMILES string of the molecule is CCCN(CC(=O)N(C)C)S(=O)(=O)c1ccc(OCCOC)c(C)c1. The van der Waals surface area contributed by atoms with Crippen LogP contribution in [0.1, 0.15) is 18.9 Å². The van der Waals surface area contributed by atoms with Gasteiger partial charge in [-0.3, -0.25) is 4.79 Å². The minimum absolute atomic E-state index is 0.157. The molecular weight excluding hydrogens is 344 g/mol. The van der Waals surface area contributed by atoms with E-state index in [-0.39, 0.29) is 23.9 Å². The van der Waals surface area contributed by atoms with Gasteiger partial charge in [-0.25, -0.2) is 8.42 Å². The monoisotopic (exact) mass is 372 g/mol. The average Bonchev–Trinajstić information content (AvgIpc) is 2.55. The fraction of sp³-hybridized carbons (Fsp3) is 0.588. The fourth-order valence-corrected chi connectivity index (χ4v) is 3.72. The molecule has 0 fully saturated rings. The van der Waals surface area contributed by atoms with Crippen LogP contribution in [0, 0.1) is 6.92 Å². The van der Waals surface area contributed by atoms with Gasteiger partial charge in [0.15, 0.2) is 0 Å². The number of carbonyl (C=O) groups excluding carboxylic acids is 1. The number of carbonyl (C=O) groups is 1. The number of aryl methyl sites for hydroxylation is 1. The molecule has 0 N–H and O–H groups in total. The van der Waals surface area contributed by atoms with E-state index in [9.17, 15) is 13.2 Å². The van der Waals surface area contributed by atoms with Crippen LogP contribution in [-0.2, 0) is 19.6 Å². The Morgan fingerprint density at radius 2 is 1.88 bits per heavy atom. The van der Waals surface area contributed by atoms with Crippen LogP contribution in [0.2, 0.25) is 0 Å². The van der Waals surface area contributed by atoms with Crippen LogP contribution >= 0.6 is 0 Å². The lowest BCUT2D eigenvalue weighted by atomic mass is 10.2. The molecule has 0 atom stereocenters. The van der Waals surface area contributed by atoms with E-state index in [1.165, 1.54) is 15.3 Å². The standard InChI is InChI=1S/C17H28N2O5S/c1-6-9-19(13-17(20)18(3)4)25(21,22)15-7-8-16(14(2)12-15)24-11-10-23-5/h7-8,12H,6,9-11,13H2,1-5H3. The Morgan fingerprint density at radius 3 is 2.40 bits per heavy atom. The smallest absolute Gasteiger partial charge is 0.243 e. The number of ether oxygens (including phenoxy) is 2. The van der Waals surface area contributed by atoms with Crippen molar-refractivity contribution in [2.24, 2.45) is 0 Å². The quantitative estimate of drug-likeness (QED) is 0.582. The maximum Gasteiger partial charge on any atom is 0.243 e. The molecule has 0 aliphatic heterocycles. The first-order chi connectivity index (χ1) is 11.7. The van der Waals surface area contributed by atoms with E-state index in [1.807, 2.05) is 6.92 Å². The number of methoxy groups -OCH3 is 1. The van der Waals surface area contributed by atoms with Crippen LogP contribution in [0.25, 0.3) is 0 Å². The zero-order chi connectivity index (χ0) is 19.0. The highest BCUT2D eigenvalue weighted by atomic mass is 32.2. The predicted octanol–water partition coefficient (Wildman–Crippen LogP) is 1.51. The molecule has 1 aromatic carbocycles. The van der Waals surface area contributed by atoms with Crippen molar-refractivity contribution in [3.8, 4) is 5.75 Å². The number of amides is 1. The van der Waals surface area contributed by atoms with Gasteiger partial charge in [-0.2, -0.15) is 4.31 Å². The van der Waals surface area contributed by atoms with E-state index in [1.54, 1.807) is 40.3 Å². The van der Waals surface area contributed by atoms with Crippen molar-refractivity contribution in [2.45, 2.75) is 25.2 Å². The molecule has 0 spiro atoms. The first kappa shape index (κ1) is 21.4. The summed E-state index contributed by atoms with van der Waals surface area (Å²) in [6.45, 7) is 4.62. The second-order valence-electron chi connectivity index (χ2n) is 5.90. The topological polar surface area (TPSA) is 76.2 Å². The molecule has 1 amide bonds. The molecule has 0 saturated heterocycles. The van der Waals surface area contributed by atoms with Gasteiger partial charge in [-0.05, 0) is 37.1 Å². The highest BCUT2D eigenvalue weighted by molar-refractivity contribution is 7.89. The largest absolute Gasteiger partial charge is 0.491 e. The molecule has 0 bridgehead atoms. The Morgan fingerprint density at radius 1 is 1.20 bits per heavy atom. The molecule has 1 rings (SSSR count). The number of likely N-dealkylation sites (N-methyl/N-ethyl adjacent to an activating group) is 1. The first-order valence-corrected chi connectivity index (χ1v) is 9.60. The van der Waals surface area contributed by atoms with Crippen LogP contribution in [0.4, 0.5) is 0 Å². The van der Waals surface area contributed by atoms with Crippen LogP contribution in [-0.4, -0.2) is 71.0 Å². The number of hydrogen-bond acceptors (Lipinski definition) is 5. The number of benzene rings is 1. The molecule has 8 heteroatoms. The van der Waals surface area contributed by atoms with Crippen molar-refractivity contribution in [3.63, 3.8) is 0 Å². The minimum Gasteiger partial charge on any atom is -0.491 e. The lowest BCUT2D eigenvalue weighted by Crippen LogP contribution is -2.40. The van der Waals surface area contributed by atoms with Crippen molar-refractivity contribution >= 4 is 15.9 Å². The maximum atomic E-state index is 12.9. The Hall–Kier alpha value is -1.64. The summed E-state index contributed by atoms with van der Waals surface area (Å²) in [6, 6.07) is 4.71. The summed E-state index contributed by atoms with van der Waals surface area (Å²) in [5.41, 5.74) is 0.715. The summed E-state index contributed by atoms with van der Waals surface area (Å²) in [5, 5.41) is 0. The van der Waals surface area contributed by atoms with Crippen molar-refractivity contribution in [1.29, 1.82) is 0 Å². The third-order valence-corrected chi connectivity index (χ3v) is 5.45. The summed E-state index contributed by atoms with van der Waals surface area (Å²) in [7, 11) is 1.05. The summed E-state index contributed by atoms with van der Waals surface area (Å²) >= 11 is 0. The molecule has 0 radical (unpaired) electrons. The van der Waals surface area contributed by atoms with Gasteiger partial charge < -0.3 is 14.4 Å². The van der Waals surface area contributed by atoms with Gasteiger partial charge in [-0.1, -0.05) is 6.92 Å².